The van der Waals surface area contributed by atoms with Crippen LogP contribution in [0.1, 0.15) is 13.8 Å². The molecule has 0 aliphatic heterocycles. The van der Waals surface area contributed by atoms with Gasteiger partial charge in [-0.1, -0.05) is 0 Å². The third kappa shape index (κ3) is 4.24. The minimum atomic E-state index is -4.64. The van der Waals surface area contributed by atoms with Crippen LogP contribution in [-0.2, 0) is 10.0 Å². The first kappa shape index (κ1) is 17.6. The molecule has 0 amide bonds. The number of nitrogens with two attached hydrogens (primary N) is 1. The third-order valence-electron chi connectivity index (χ3n) is 2.69. The number of halogens is 3. The van der Waals surface area contributed by atoms with Gasteiger partial charge in [0.2, 0.25) is 10.0 Å². The van der Waals surface area contributed by atoms with Gasteiger partial charge in [0, 0.05) is 17.8 Å². The second kappa shape index (κ2) is 6.10. The van der Waals surface area contributed by atoms with E-state index in [9.17, 15) is 21.6 Å². The SMILES string of the molecule is COc1cc(N)ccc1S(=O)(=O)N(CC(F)(F)F)C(C)C. The second-order valence-corrected chi connectivity index (χ2v) is 6.53. The molecule has 0 heterocycles. The fourth-order valence-corrected chi connectivity index (χ4v) is 3.51. The van der Waals surface area contributed by atoms with Gasteiger partial charge in [-0.2, -0.15) is 17.5 Å². The zero-order valence-corrected chi connectivity index (χ0v) is 12.6. The number of benzene rings is 1. The van der Waals surface area contributed by atoms with Gasteiger partial charge in [-0.25, -0.2) is 8.42 Å². The quantitative estimate of drug-likeness (QED) is 0.842. The molecule has 120 valence electrons. The molecule has 1 rings (SSSR count). The first-order chi connectivity index (χ1) is 9.49. The van der Waals surface area contributed by atoms with E-state index in [4.69, 9.17) is 10.5 Å². The fourth-order valence-electron chi connectivity index (χ4n) is 1.75. The molecule has 21 heavy (non-hydrogen) atoms. The van der Waals surface area contributed by atoms with Crippen LogP contribution in [-0.4, -0.2) is 38.6 Å². The lowest BCUT2D eigenvalue weighted by molar-refractivity contribution is -0.138. The molecule has 1 aromatic rings. The van der Waals surface area contributed by atoms with Crippen molar-refractivity contribution in [3.63, 3.8) is 0 Å². The number of sulfonamides is 1. The number of hydrogen-bond donors (Lipinski definition) is 1. The van der Waals surface area contributed by atoms with Gasteiger partial charge in [0.05, 0.1) is 7.11 Å². The van der Waals surface area contributed by atoms with Gasteiger partial charge < -0.3 is 10.5 Å². The van der Waals surface area contributed by atoms with E-state index in [1.54, 1.807) is 0 Å². The van der Waals surface area contributed by atoms with E-state index in [2.05, 4.69) is 0 Å². The van der Waals surface area contributed by atoms with E-state index < -0.39 is 28.8 Å². The van der Waals surface area contributed by atoms with E-state index in [0.29, 0.717) is 4.31 Å². The predicted octanol–water partition coefficient (Wildman–Crippen LogP) is 2.24. The van der Waals surface area contributed by atoms with E-state index in [1.807, 2.05) is 0 Å². The van der Waals surface area contributed by atoms with Crippen LogP contribution >= 0.6 is 0 Å². The standard InChI is InChI=1S/C12H17F3N2O3S/c1-8(2)17(7-12(13,14)15)21(18,19)11-5-4-9(16)6-10(11)20-3/h4-6,8H,7,16H2,1-3H3. The van der Waals surface area contributed by atoms with Gasteiger partial charge in [-0.3, -0.25) is 0 Å². The Kier molecular flexibility index (Phi) is 5.11. The van der Waals surface area contributed by atoms with Crippen molar-refractivity contribution >= 4 is 15.7 Å². The molecular weight excluding hydrogens is 309 g/mol. The van der Waals surface area contributed by atoms with Gasteiger partial charge in [-0.15, -0.1) is 0 Å². The summed E-state index contributed by atoms with van der Waals surface area (Å²) < 4.78 is 68.0. The summed E-state index contributed by atoms with van der Waals surface area (Å²) in [6.45, 7) is 1.17. The van der Waals surface area contributed by atoms with Crippen molar-refractivity contribution in [3.05, 3.63) is 18.2 Å². The molecule has 0 spiro atoms. The lowest BCUT2D eigenvalue weighted by Crippen LogP contribution is -2.43. The summed E-state index contributed by atoms with van der Waals surface area (Å²) in [6.07, 6.45) is -4.64. The molecule has 0 fully saturated rings. The molecule has 2 N–H and O–H groups in total. The first-order valence-electron chi connectivity index (χ1n) is 6.01. The van der Waals surface area contributed by atoms with Crippen LogP contribution < -0.4 is 10.5 Å². The molecule has 0 aliphatic rings. The van der Waals surface area contributed by atoms with Crippen molar-refractivity contribution in [2.75, 3.05) is 19.4 Å². The Morgan fingerprint density at radius 3 is 2.33 bits per heavy atom. The highest BCUT2D eigenvalue weighted by Crippen LogP contribution is 2.31. The van der Waals surface area contributed by atoms with E-state index >= 15 is 0 Å². The molecule has 9 heteroatoms. The van der Waals surface area contributed by atoms with Crippen LogP contribution in [0.15, 0.2) is 23.1 Å². The van der Waals surface area contributed by atoms with Gasteiger partial charge in [0.25, 0.3) is 0 Å². The molecule has 0 unspecified atom stereocenters. The lowest BCUT2D eigenvalue weighted by atomic mass is 10.3. The highest BCUT2D eigenvalue weighted by Gasteiger charge is 2.39. The largest absolute Gasteiger partial charge is 0.495 e. The Balaban J connectivity index is 3.36. The minimum absolute atomic E-state index is 0.0946. The summed E-state index contributed by atoms with van der Waals surface area (Å²) in [5.41, 5.74) is 5.76. The highest BCUT2D eigenvalue weighted by atomic mass is 32.2. The lowest BCUT2D eigenvalue weighted by Gasteiger charge is -2.27. The molecule has 0 bridgehead atoms. The number of methoxy groups -OCH3 is 1. The fraction of sp³-hybridized carbons (Fsp3) is 0.500. The van der Waals surface area contributed by atoms with Gasteiger partial charge in [0.15, 0.2) is 0 Å². The molecule has 1 aromatic carbocycles. The predicted molar refractivity (Wildman–Crippen MR) is 72.5 cm³/mol. The zero-order valence-electron chi connectivity index (χ0n) is 11.8. The Bertz CT molecular complexity index is 600. The van der Waals surface area contributed by atoms with Crippen molar-refractivity contribution in [2.24, 2.45) is 0 Å². The first-order valence-corrected chi connectivity index (χ1v) is 7.45. The monoisotopic (exact) mass is 326 g/mol. The Labute approximate surface area is 121 Å². The number of nitrogen functional groups attached to an aromatic ring is 1. The molecular formula is C12H17F3N2O3S. The molecule has 0 radical (unpaired) electrons. The average Bonchev–Trinajstić information content (AvgIpc) is 2.34. The number of rotatable bonds is 5. The van der Waals surface area contributed by atoms with Crippen LogP contribution in [0.5, 0.6) is 5.75 Å². The van der Waals surface area contributed by atoms with Crippen molar-refractivity contribution in [1.82, 2.24) is 4.31 Å². The minimum Gasteiger partial charge on any atom is -0.495 e. The number of hydrogen-bond acceptors (Lipinski definition) is 4. The van der Waals surface area contributed by atoms with Crippen molar-refractivity contribution in [1.29, 1.82) is 0 Å². The highest BCUT2D eigenvalue weighted by molar-refractivity contribution is 7.89. The maximum absolute atomic E-state index is 12.6. The van der Waals surface area contributed by atoms with Crippen LogP contribution in [0, 0.1) is 0 Å². The molecule has 0 saturated carbocycles. The van der Waals surface area contributed by atoms with Gasteiger partial charge >= 0.3 is 6.18 Å². The van der Waals surface area contributed by atoms with Crippen LogP contribution in [0.25, 0.3) is 0 Å². The summed E-state index contributed by atoms with van der Waals surface area (Å²) >= 11 is 0. The van der Waals surface area contributed by atoms with E-state index in [-0.39, 0.29) is 16.3 Å². The van der Waals surface area contributed by atoms with E-state index in [0.717, 1.165) is 6.07 Å². The molecule has 5 nitrogen and oxygen atoms in total. The summed E-state index contributed by atoms with van der Waals surface area (Å²) in [5, 5.41) is 0. The number of ether oxygens (including phenoxy) is 1. The van der Waals surface area contributed by atoms with Crippen LogP contribution in [0.2, 0.25) is 0 Å². The average molecular weight is 326 g/mol. The Morgan fingerprint density at radius 2 is 1.90 bits per heavy atom. The van der Waals surface area contributed by atoms with Gasteiger partial charge in [0.1, 0.15) is 17.2 Å². The van der Waals surface area contributed by atoms with Crippen molar-refractivity contribution in [3.8, 4) is 5.75 Å². The van der Waals surface area contributed by atoms with Gasteiger partial charge in [-0.05, 0) is 26.0 Å². The number of alkyl halides is 3. The number of nitrogens with zero attached hydrogens (tertiary/aromatic N) is 1. The summed E-state index contributed by atoms with van der Waals surface area (Å²) in [4.78, 5) is -0.350. The molecule has 0 saturated heterocycles. The molecule has 0 atom stereocenters. The number of anilines is 1. The van der Waals surface area contributed by atoms with Crippen LogP contribution in [0.3, 0.4) is 0 Å². The molecule has 0 aromatic heterocycles. The van der Waals surface area contributed by atoms with Crippen LogP contribution in [0.4, 0.5) is 18.9 Å². The smallest absolute Gasteiger partial charge is 0.402 e. The topological polar surface area (TPSA) is 72.6 Å². The Hall–Kier alpha value is -1.48. The maximum atomic E-state index is 12.6. The Morgan fingerprint density at radius 1 is 1.33 bits per heavy atom. The normalized spacial score (nSPS) is 13.0. The third-order valence-corrected chi connectivity index (χ3v) is 4.75. The summed E-state index contributed by atoms with van der Waals surface area (Å²) in [5.74, 6) is -0.0946. The summed E-state index contributed by atoms with van der Waals surface area (Å²) in [6, 6.07) is 2.81. The van der Waals surface area contributed by atoms with Crippen molar-refractivity contribution in [2.45, 2.75) is 31.0 Å². The molecule has 0 aliphatic carbocycles. The second-order valence-electron chi connectivity index (χ2n) is 4.67. The van der Waals surface area contributed by atoms with E-state index in [1.165, 1.54) is 33.1 Å². The summed E-state index contributed by atoms with van der Waals surface area (Å²) in [7, 11) is -3.14. The zero-order chi connectivity index (χ0) is 16.4. The maximum Gasteiger partial charge on any atom is 0.402 e. The van der Waals surface area contributed by atoms with Crippen molar-refractivity contribution < 1.29 is 26.3 Å².